The van der Waals surface area contributed by atoms with Crippen LogP contribution in [0.3, 0.4) is 0 Å². The van der Waals surface area contributed by atoms with Gasteiger partial charge in [0.2, 0.25) is 10.0 Å². The van der Waals surface area contributed by atoms with Gasteiger partial charge in [0.25, 0.3) is 5.91 Å². The van der Waals surface area contributed by atoms with Crippen LogP contribution in [0.4, 0.5) is 5.69 Å². The highest BCUT2D eigenvalue weighted by atomic mass is 32.2. The lowest BCUT2D eigenvalue weighted by atomic mass is 10.1. The van der Waals surface area contributed by atoms with Crippen molar-refractivity contribution in [2.45, 2.75) is 12.5 Å². The van der Waals surface area contributed by atoms with Gasteiger partial charge in [0.15, 0.2) is 0 Å². The van der Waals surface area contributed by atoms with Crippen LogP contribution in [0.25, 0.3) is 0 Å². The molecule has 0 bridgehead atoms. The van der Waals surface area contributed by atoms with Gasteiger partial charge in [-0.2, -0.15) is 0 Å². The Labute approximate surface area is 147 Å². The largest absolute Gasteiger partial charge is 0.387 e. The zero-order valence-corrected chi connectivity index (χ0v) is 14.4. The van der Waals surface area contributed by atoms with Crippen molar-refractivity contribution in [1.82, 2.24) is 5.32 Å². The monoisotopic (exact) mass is 360 g/mol. The quantitative estimate of drug-likeness (QED) is 0.849. The maximum Gasteiger partial charge on any atom is 0.251 e. The van der Waals surface area contributed by atoms with Crippen molar-refractivity contribution >= 4 is 21.6 Å². The van der Waals surface area contributed by atoms with E-state index in [1.165, 1.54) is 4.31 Å². The number of carbonyl (C=O) groups is 1. The van der Waals surface area contributed by atoms with E-state index in [1.807, 2.05) is 18.2 Å². The number of hydrogen-bond donors (Lipinski definition) is 2. The summed E-state index contributed by atoms with van der Waals surface area (Å²) in [6, 6.07) is 15.5. The lowest BCUT2D eigenvalue weighted by Crippen LogP contribution is -2.28. The van der Waals surface area contributed by atoms with E-state index in [4.69, 9.17) is 0 Å². The molecule has 25 heavy (non-hydrogen) atoms. The Morgan fingerprint density at radius 1 is 1.12 bits per heavy atom. The van der Waals surface area contributed by atoms with E-state index in [-0.39, 0.29) is 18.2 Å². The minimum Gasteiger partial charge on any atom is -0.387 e. The lowest BCUT2D eigenvalue weighted by molar-refractivity contribution is 0.0916. The molecule has 0 spiro atoms. The number of amides is 1. The molecule has 1 unspecified atom stereocenters. The topological polar surface area (TPSA) is 86.7 Å². The van der Waals surface area contributed by atoms with Crippen LogP contribution in [0.1, 0.15) is 28.4 Å². The van der Waals surface area contributed by atoms with E-state index in [0.29, 0.717) is 24.2 Å². The number of aliphatic hydroxyl groups excluding tert-OH is 1. The van der Waals surface area contributed by atoms with Gasteiger partial charge in [0, 0.05) is 18.7 Å². The van der Waals surface area contributed by atoms with Crippen molar-refractivity contribution in [2.75, 3.05) is 23.1 Å². The van der Waals surface area contributed by atoms with Gasteiger partial charge in [0.1, 0.15) is 0 Å². The average Bonchev–Trinajstić information content (AvgIpc) is 2.99. The fourth-order valence-electron chi connectivity index (χ4n) is 2.79. The molecule has 0 aliphatic carbocycles. The maximum absolute atomic E-state index is 12.2. The Hall–Kier alpha value is -2.38. The molecule has 3 rings (SSSR count). The molecule has 132 valence electrons. The minimum atomic E-state index is -3.23. The van der Waals surface area contributed by atoms with Gasteiger partial charge in [-0.1, -0.05) is 30.3 Å². The van der Waals surface area contributed by atoms with Crippen molar-refractivity contribution < 1.29 is 18.3 Å². The molecule has 7 heteroatoms. The molecule has 1 atom stereocenters. The van der Waals surface area contributed by atoms with Crippen LogP contribution >= 0.6 is 0 Å². The molecule has 2 aromatic rings. The van der Waals surface area contributed by atoms with Crippen molar-refractivity contribution in [3.8, 4) is 0 Å². The SMILES string of the molecule is O=C(NCC(O)c1ccccc1)c1ccc(N2CCCS2(=O)=O)cc1. The Morgan fingerprint density at radius 2 is 1.80 bits per heavy atom. The van der Waals surface area contributed by atoms with E-state index < -0.39 is 16.1 Å². The molecule has 1 fully saturated rings. The van der Waals surface area contributed by atoms with E-state index in [0.717, 1.165) is 5.56 Å². The van der Waals surface area contributed by atoms with Crippen LogP contribution in [0.5, 0.6) is 0 Å². The zero-order chi connectivity index (χ0) is 17.9. The van der Waals surface area contributed by atoms with Gasteiger partial charge in [0.05, 0.1) is 17.5 Å². The van der Waals surface area contributed by atoms with Crippen LogP contribution in [-0.4, -0.2) is 38.3 Å². The van der Waals surface area contributed by atoms with Crippen molar-refractivity contribution in [3.63, 3.8) is 0 Å². The van der Waals surface area contributed by atoms with E-state index >= 15 is 0 Å². The van der Waals surface area contributed by atoms with Crippen molar-refractivity contribution in [3.05, 3.63) is 65.7 Å². The van der Waals surface area contributed by atoms with Crippen LogP contribution in [0.15, 0.2) is 54.6 Å². The van der Waals surface area contributed by atoms with E-state index in [9.17, 15) is 18.3 Å². The molecule has 1 saturated heterocycles. The fraction of sp³-hybridized carbons (Fsp3) is 0.278. The third kappa shape index (κ3) is 4.00. The number of nitrogens with one attached hydrogen (secondary N) is 1. The number of nitrogens with zero attached hydrogens (tertiary/aromatic N) is 1. The Morgan fingerprint density at radius 3 is 2.40 bits per heavy atom. The van der Waals surface area contributed by atoms with Crippen molar-refractivity contribution in [2.24, 2.45) is 0 Å². The smallest absolute Gasteiger partial charge is 0.251 e. The van der Waals surface area contributed by atoms with Gasteiger partial charge in [-0.05, 0) is 36.2 Å². The highest BCUT2D eigenvalue weighted by molar-refractivity contribution is 7.93. The van der Waals surface area contributed by atoms with Crippen LogP contribution in [-0.2, 0) is 10.0 Å². The van der Waals surface area contributed by atoms with Crippen molar-refractivity contribution in [1.29, 1.82) is 0 Å². The van der Waals surface area contributed by atoms with Gasteiger partial charge in [-0.3, -0.25) is 9.10 Å². The minimum absolute atomic E-state index is 0.102. The fourth-order valence-corrected chi connectivity index (χ4v) is 4.36. The highest BCUT2D eigenvalue weighted by Gasteiger charge is 2.28. The molecule has 1 aliphatic rings. The summed E-state index contributed by atoms with van der Waals surface area (Å²) < 4.78 is 25.2. The summed E-state index contributed by atoms with van der Waals surface area (Å²) in [7, 11) is -3.23. The first kappa shape index (κ1) is 17.4. The third-order valence-electron chi connectivity index (χ3n) is 4.16. The first-order chi connectivity index (χ1) is 12.0. The molecule has 2 aromatic carbocycles. The predicted molar refractivity (Wildman–Crippen MR) is 95.9 cm³/mol. The molecule has 1 aliphatic heterocycles. The van der Waals surface area contributed by atoms with Crippen LogP contribution < -0.4 is 9.62 Å². The summed E-state index contributed by atoms with van der Waals surface area (Å²) in [4.78, 5) is 12.2. The van der Waals surface area contributed by atoms with E-state index in [1.54, 1.807) is 36.4 Å². The standard InChI is InChI=1S/C18H20N2O4S/c21-17(14-5-2-1-3-6-14)13-19-18(22)15-7-9-16(10-8-15)20-11-4-12-25(20,23)24/h1-3,5-10,17,21H,4,11-13H2,(H,19,22). The van der Waals surface area contributed by atoms with Gasteiger partial charge < -0.3 is 10.4 Å². The second-order valence-electron chi connectivity index (χ2n) is 5.93. The normalized spacial score (nSPS) is 17.2. The first-order valence-electron chi connectivity index (χ1n) is 8.09. The highest BCUT2D eigenvalue weighted by Crippen LogP contribution is 2.24. The zero-order valence-electron chi connectivity index (χ0n) is 13.6. The Balaban J connectivity index is 1.61. The third-order valence-corrected chi connectivity index (χ3v) is 6.03. The maximum atomic E-state index is 12.2. The molecular weight excluding hydrogens is 340 g/mol. The number of sulfonamides is 1. The number of carbonyl (C=O) groups excluding carboxylic acids is 1. The lowest BCUT2D eigenvalue weighted by Gasteiger charge is -2.17. The summed E-state index contributed by atoms with van der Waals surface area (Å²) >= 11 is 0. The summed E-state index contributed by atoms with van der Waals surface area (Å²) in [6.45, 7) is 0.572. The summed E-state index contributed by atoms with van der Waals surface area (Å²) in [5.74, 6) is -0.155. The molecule has 1 amide bonds. The second kappa shape index (κ2) is 7.25. The molecule has 6 nitrogen and oxygen atoms in total. The molecule has 1 heterocycles. The summed E-state index contributed by atoms with van der Waals surface area (Å²) in [5, 5.41) is 12.8. The first-order valence-corrected chi connectivity index (χ1v) is 9.70. The van der Waals surface area contributed by atoms with Crippen LogP contribution in [0.2, 0.25) is 0 Å². The predicted octanol–water partition coefficient (Wildman–Crippen LogP) is 1.69. The molecule has 0 radical (unpaired) electrons. The van der Waals surface area contributed by atoms with Gasteiger partial charge in [-0.15, -0.1) is 0 Å². The number of aliphatic hydroxyl groups is 1. The molecule has 0 aromatic heterocycles. The number of rotatable bonds is 5. The summed E-state index contributed by atoms with van der Waals surface area (Å²) in [6.07, 6.45) is -0.166. The molecule has 2 N–H and O–H groups in total. The van der Waals surface area contributed by atoms with Crippen LogP contribution in [0, 0.1) is 0 Å². The average molecular weight is 360 g/mol. The molecular formula is C18H20N2O4S. The number of benzene rings is 2. The van der Waals surface area contributed by atoms with E-state index in [2.05, 4.69) is 5.32 Å². The summed E-state index contributed by atoms with van der Waals surface area (Å²) in [5.41, 5.74) is 1.72. The van der Waals surface area contributed by atoms with Gasteiger partial charge >= 0.3 is 0 Å². The Kier molecular flexibility index (Phi) is 5.06. The second-order valence-corrected chi connectivity index (χ2v) is 7.94. The number of hydrogen-bond acceptors (Lipinski definition) is 4. The van der Waals surface area contributed by atoms with Gasteiger partial charge in [-0.25, -0.2) is 8.42 Å². The Bertz CT molecular complexity index is 835. The molecule has 0 saturated carbocycles. The number of anilines is 1.